The Kier molecular flexibility index (Phi) is 14.9. The molecular formula is C19H39NO2S. The number of nitrogens with zero attached hydrogens (tertiary/aromatic N) is 1. The molecule has 1 rings (SSSR count). The molecule has 4 heteroatoms. The van der Waals surface area contributed by atoms with Crippen LogP contribution in [-0.2, 0) is 9.59 Å². The van der Waals surface area contributed by atoms with E-state index in [4.69, 9.17) is 0 Å². The summed E-state index contributed by atoms with van der Waals surface area (Å²) in [5, 5.41) is 0.271. The van der Waals surface area contributed by atoms with Gasteiger partial charge in [0.2, 0.25) is 11.8 Å². The maximum absolute atomic E-state index is 11.7. The average molecular weight is 346 g/mol. The van der Waals surface area contributed by atoms with Gasteiger partial charge >= 0.3 is 0 Å². The van der Waals surface area contributed by atoms with Gasteiger partial charge in [-0.25, -0.2) is 0 Å². The van der Waals surface area contributed by atoms with Crippen LogP contribution in [0.2, 0.25) is 0 Å². The lowest BCUT2D eigenvalue weighted by atomic mass is 10.0. The summed E-state index contributed by atoms with van der Waals surface area (Å²) in [6.45, 7) is 19.9. The van der Waals surface area contributed by atoms with Gasteiger partial charge in [0.1, 0.15) is 0 Å². The van der Waals surface area contributed by atoms with Crippen LogP contribution in [0.15, 0.2) is 0 Å². The third-order valence-corrected chi connectivity index (χ3v) is 4.66. The summed E-state index contributed by atoms with van der Waals surface area (Å²) in [6.07, 6.45) is 2.48. The number of imide groups is 1. The van der Waals surface area contributed by atoms with Crippen molar-refractivity contribution in [2.75, 3.05) is 6.54 Å². The van der Waals surface area contributed by atoms with E-state index in [9.17, 15) is 9.59 Å². The molecule has 1 atom stereocenters. The molecule has 0 aromatic carbocycles. The molecule has 1 saturated heterocycles. The van der Waals surface area contributed by atoms with Crippen molar-refractivity contribution >= 4 is 23.6 Å². The highest BCUT2D eigenvalue weighted by Gasteiger charge is 2.38. The van der Waals surface area contributed by atoms with Crippen molar-refractivity contribution < 1.29 is 9.59 Å². The first-order valence-electron chi connectivity index (χ1n) is 9.11. The molecule has 138 valence electrons. The SMILES string of the molecule is CC(C)C(C)C.CCC.CCCN1C(=O)CC(SC(C)C)C1=O. The molecule has 0 radical (unpaired) electrons. The minimum absolute atomic E-state index is 0.00463. The van der Waals surface area contributed by atoms with E-state index in [1.54, 1.807) is 11.8 Å². The molecule has 0 saturated carbocycles. The number of thioether (sulfide) groups is 1. The van der Waals surface area contributed by atoms with Gasteiger partial charge in [0.25, 0.3) is 0 Å². The molecule has 0 aromatic heterocycles. The summed E-state index contributed by atoms with van der Waals surface area (Å²) in [5.41, 5.74) is 0. The predicted molar refractivity (Wildman–Crippen MR) is 104 cm³/mol. The monoisotopic (exact) mass is 345 g/mol. The van der Waals surface area contributed by atoms with Gasteiger partial charge in [0.15, 0.2) is 0 Å². The number of carbonyl (C=O) groups is 2. The molecule has 0 aliphatic carbocycles. The fraction of sp³-hybridized carbons (Fsp3) is 0.895. The van der Waals surface area contributed by atoms with E-state index < -0.39 is 0 Å². The van der Waals surface area contributed by atoms with Crippen molar-refractivity contribution in [3.8, 4) is 0 Å². The van der Waals surface area contributed by atoms with Crippen molar-refractivity contribution in [3.05, 3.63) is 0 Å². The zero-order chi connectivity index (χ0) is 18.6. The second kappa shape index (κ2) is 13.9. The van der Waals surface area contributed by atoms with Crippen LogP contribution in [0.25, 0.3) is 0 Å². The van der Waals surface area contributed by atoms with E-state index in [1.165, 1.54) is 11.3 Å². The topological polar surface area (TPSA) is 37.4 Å². The van der Waals surface area contributed by atoms with Crippen molar-refractivity contribution in [3.63, 3.8) is 0 Å². The van der Waals surface area contributed by atoms with Crippen molar-refractivity contribution in [1.82, 2.24) is 4.90 Å². The first-order chi connectivity index (χ1) is 10.6. The first-order valence-corrected chi connectivity index (χ1v) is 10.1. The Bertz CT molecular complexity index is 321. The summed E-state index contributed by atoms with van der Waals surface area (Å²) in [6, 6.07) is 0. The van der Waals surface area contributed by atoms with E-state index in [0.29, 0.717) is 18.2 Å². The molecule has 0 spiro atoms. The Hall–Kier alpha value is -0.510. The molecule has 23 heavy (non-hydrogen) atoms. The first kappa shape index (κ1) is 24.7. The summed E-state index contributed by atoms with van der Waals surface area (Å²) in [7, 11) is 0. The molecule has 1 heterocycles. The van der Waals surface area contributed by atoms with Crippen molar-refractivity contribution in [1.29, 1.82) is 0 Å². The van der Waals surface area contributed by atoms with Crippen LogP contribution in [-0.4, -0.2) is 33.8 Å². The Morgan fingerprint density at radius 3 is 1.74 bits per heavy atom. The highest BCUT2D eigenvalue weighted by molar-refractivity contribution is 8.01. The Morgan fingerprint density at radius 1 is 1.00 bits per heavy atom. The zero-order valence-electron chi connectivity index (χ0n) is 16.8. The van der Waals surface area contributed by atoms with Crippen molar-refractivity contribution in [2.45, 2.75) is 92.1 Å². The van der Waals surface area contributed by atoms with E-state index in [1.807, 2.05) is 20.8 Å². The third-order valence-electron chi connectivity index (χ3n) is 3.42. The number of hydrogen-bond donors (Lipinski definition) is 0. The highest BCUT2D eigenvalue weighted by atomic mass is 32.2. The minimum Gasteiger partial charge on any atom is -0.282 e. The zero-order valence-corrected chi connectivity index (χ0v) is 17.6. The fourth-order valence-electron chi connectivity index (χ4n) is 1.55. The third kappa shape index (κ3) is 11.6. The average Bonchev–Trinajstić information content (AvgIpc) is 2.67. The largest absolute Gasteiger partial charge is 0.282 e. The van der Waals surface area contributed by atoms with Gasteiger partial charge in [-0.2, -0.15) is 0 Å². The molecular weight excluding hydrogens is 306 g/mol. The van der Waals surface area contributed by atoms with Crippen LogP contribution >= 0.6 is 11.8 Å². The molecule has 0 aromatic rings. The van der Waals surface area contributed by atoms with Crippen LogP contribution in [0, 0.1) is 11.8 Å². The van der Waals surface area contributed by atoms with E-state index in [0.717, 1.165) is 18.3 Å². The second-order valence-electron chi connectivity index (χ2n) is 6.96. The van der Waals surface area contributed by atoms with E-state index in [-0.39, 0.29) is 17.1 Å². The molecule has 1 fully saturated rings. The molecule has 0 N–H and O–H groups in total. The van der Waals surface area contributed by atoms with Crippen LogP contribution in [0.3, 0.4) is 0 Å². The highest BCUT2D eigenvalue weighted by Crippen LogP contribution is 2.28. The summed E-state index contributed by atoms with van der Waals surface area (Å²) in [4.78, 5) is 24.6. The van der Waals surface area contributed by atoms with Crippen LogP contribution < -0.4 is 0 Å². The molecule has 1 aliphatic rings. The van der Waals surface area contributed by atoms with Gasteiger partial charge in [-0.05, 0) is 23.5 Å². The lowest BCUT2D eigenvalue weighted by molar-refractivity contribution is -0.138. The Balaban J connectivity index is 0. The number of likely N-dealkylation sites (tertiary alicyclic amines) is 1. The van der Waals surface area contributed by atoms with Crippen molar-refractivity contribution in [2.24, 2.45) is 11.8 Å². The fourth-order valence-corrected chi connectivity index (χ4v) is 2.69. The van der Waals surface area contributed by atoms with Gasteiger partial charge in [0, 0.05) is 13.0 Å². The lowest BCUT2D eigenvalue weighted by Gasteiger charge is -2.14. The molecule has 1 aliphatic heterocycles. The van der Waals surface area contributed by atoms with Gasteiger partial charge < -0.3 is 0 Å². The van der Waals surface area contributed by atoms with Gasteiger partial charge in [0.05, 0.1) is 5.25 Å². The van der Waals surface area contributed by atoms with Gasteiger partial charge in [-0.1, -0.05) is 68.7 Å². The molecule has 2 amide bonds. The predicted octanol–water partition coefficient (Wildman–Crippen LogP) is 5.38. The molecule has 1 unspecified atom stereocenters. The van der Waals surface area contributed by atoms with Crippen LogP contribution in [0.4, 0.5) is 0 Å². The number of hydrogen-bond acceptors (Lipinski definition) is 3. The van der Waals surface area contributed by atoms with E-state index in [2.05, 4.69) is 41.5 Å². The normalized spacial score (nSPS) is 17.4. The summed E-state index contributed by atoms with van der Waals surface area (Å²) < 4.78 is 0. The maximum atomic E-state index is 11.7. The number of carbonyl (C=O) groups excluding carboxylic acids is 2. The maximum Gasteiger partial charge on any atom is 0.242 e. The van der Waals surface area contributed by atoms with Gasteiger partial charge in [-0.15, -0.1) is 11.8 Å². The van der Waals surface area contributed by atoms with Crippen LogP contribution in [0.5, 0.6) is 0 Å². The smallest absolute Gasteiger partial charge is 0.242 e. The number of rotatable bonds is 5. The van der Waals surface area contributed by atoms with E-state index >= 15 is 0 Å². The standard InChI is InChI=1S/C10H17NO2S.C6H14.C3H8/c1-4-5-11-9(12)6-8(10(11)13)14-7(2)3;1-5(2)6(3)4;1-3-2/h7-8H,4-6H2,1-3H3;5-6H,1-4H3;3H2,1-2H3. The Morgan fingerprint density at radius 2 is 1.43 bits per heavy atom. The Labute approximate surface area is 149 Å². The second-order valence-corrected chi connectivity index (χ2v) is 8.74. The quantitative estimate of drug-likeness (QED) is 0.628. The van der Waals surface area contributed by atoms with Gasteiger partial charge in [-0.3, -0.25) is 14.5 Å². The van der Waals surface area contributed by atoms with Crippen LogP contribution in [0.1, 0.15) is 81.6 Å². The number of amides is 2. The molecule has 0 bridgehead atoms. The lowest BCUT2D eigenvalue weighted by Crippen LogP contribution is -2.32. The summed E-state index contributed by atoms with van der Waals surface area (Å²) in [5.74, 6) is 1.71. The minimum atomic E-state index is -0.131. The summed E-state index contributed by atoms with van der Waals surface area (Å²) >= 11 is 1.59. The molecule has 3 nitrogen and oxygen atoms in total.